The molecule has 1 N–H and O–H groups in total. The van der Waals surface area contributed by atoms with Gasteiger partial charge in [0, 0.05) is 62.8 Å². The summed E-state index contributed by atoms with van der Waals surface area (Å²) >= 11 is 0. The van der Waals surface area contributed by atoms with Crippen LogP contribution in [0.4, 0.5) is 5.69 Å². The minimum absolute atomic E-state index is 0. The van der Waals surface area contributed by atoms with E-state index in [1.54, 1.807) is 0 Å². The molecule has 36 heavy (non-hydrogen) atoms. The fraction of sp³-hybridized carbons (Fsp3) is 0.552. The molecular weight excluding hydrogens is 450 g/mol. The van der Waals surface area contributed by atoms with Crippen LogP contribution >= 0.6 is 0 Å². The van der Waals surface area contributed by atoms with Gasteiger partial charge in [0.2, 0.25) is 11.8 Å². The van der Waals surface area contributed by atoms with Crippen molar-refractivity contribution >= 4 is 17.5 Å². The zero-order chi connectivity index (χ0) is 24.6. The SMILES string of the molecule is C.C[C@@H]1CN(CC(=O)N2CC(C)(C)c3ncc(Cc4ccccc4)cc32)[C@@H](CN2CCCC2=O)CN1. The minimum atomic E-state index is -0.186. The summed E-state index contributed by atoms with van der Waals surface area (Å²) in [5.74, 6) is 0.351. The number of carbonyl (C=O) groups excluding carboxylic acids is 2. The van der Waals surface area contributed by atoms with E-state index in [2.05, 4.69) is 61.3 Å². The summed E-state index contributed by atoms with van der Waals surface area (Å²) in [4.78, 5) is 37.0. The molecule has 0 radical (unpaired) electrons. The summed E-state index contributed by atoms with van der Waals surface area (Å²) in [5.41, 5.74) is 4.11. The second-order valence-electron chi connectivity index (χ2n) is 11.1. The highest BCUT2D eigenvalue weighted by Gasteiger charge is 2.41. The molecule has 7 heteroatoms. The number of anilines is 1. The second-order valence-corrected chi connectivity index (χ2v) is 11.1. The zero-order valence-electron chi connectivity index (χ0n) is 21.2. The largest absolute Gasteiger partial charge is 0.341 e. The third-order valence-electron chi connectivity index (χ3n) is 7.63. The van der Waals surface area contributed by atoms with E-state index in [-0.39, 0.29) is 30.7 Å². The average Bonchev–Trinajstić information content (AvgIpc) is 3.35. The molecule has 2 saturated heterocycles. The number of nitrogens with zero attached hydrogens (tertiary/aromatic N) is 4. The molecule has 0 spiro atoms. The number of fused-ring (bicyclic) bond motifs is 1. The number of benzene rings is 1. The average molecular weight is 492 g/mol. The molecule has 2 aromatic rings. The van der Waals surface area contributed by atoms with Gasteiger partial charge < -0.3 is 15.1 Å². The predicted molar refractivity (Wildman–Crippen MR) is 144 cm³/mol. The number of hydrogen-bond donors (Lipinski definition) is 1. The molecule has 3 aliphatic rings. The summed E-state index contributed by atoms with van der Waals surface area (Å²) < 4.78 is 0. The van der Waals surface area contributed by atoms with E-state index in [0.29, 0.717) is 32.1 Å². The molecule has 2 amide bonds. The molecule has 7 nitrogen and oxygen atoms in total. The lowest BCUT2D eigenvalue weighted by molar-refractivity contribution is -0.128. The number of likely N-dealkylation sites (tertiary alicyclic amines) is 1. The molecule has 194 valence electrons. The van der Waals surface area contributed by atoms with E-state index in [4.69, 9.17) is 4.98 Å². The second kappa shape index (κ2) is 10.7. The van der Waals surface area contributed by atoms with E-state index in [1.807, 2.05) is 22.1 Å². The lowest BCUT2D eigenvalue weighted by Gasteiger charge is -2.41. The topological polar surface area (TPSA) is 68.8 Å². The molecule has 4 heterocycles. The Morgan fingerprint density at radius 3 is 2.69 bits per heavy atom. The van der Waals surface area contributed by atoms with Crippen molar-refractivity contribution in [2.75, 3.05) is 44.2 Å². The van der Waals surface area contributed by atoms with E-state index < -0.39 is 0 Å². The fourth-order valence-electron chi connectivity index (χ4n) is 5.74. The van der Waals surface area contributed by atoms with Crippen molar-refractivity contribution < 1.29 is 9.59 Å². The Kier molecular flexibility index (Phi) is 7.81. The molecule has 2 atom stereocenters. The Bertz CT molecular complexity index is 1090. The minimum Gasteiger partial charge on any atom is -0.341 e. The van der Waals surface area contributed by atoms with Gasteiger partial charge in [0.15, 0.2) is 0 Å². The van der Waals surface area contributed by atoms with Crippen LogP contribution in [0.2, 0.25) is 0 Å². The molecule has 1 aromatic carbocycles. The number of amides is 2. The molecule has 0 saturated carbocycles. The summed E-state index contributed by atoms with van der Waals surface area (Å²) in [6.07, 6.45) is 4.34. The third-order valence-corrected chi connectivity index (χ3v) is 7.63. The molecule has 0 bridgehead atoms. The first kappa shape index (κ1) is 26.3. The van der Waals surface area contributed by atoms with Gasteiger partial charge in [0.1, 0.15) is 0 Å². The van der Waals surface area contributed by atoms with Crippen LogP contribution in [-0.2, 0) is 21.4 Å². The lowest BCUT2D eigenvalue weighted by Crippen LogP contribution is -2.60. The molecule has 0 unspecified atom stereocenters. The highest BCUT2D eigenvalue weighted by atomic mass is 16.2. The molecular formula is C29H41N5O2. The van der Waals surface area contributed by atoms with E-state index in [1.165, 1.54) is 5.56 Å². The Labute approximate surface area is 215 Å². The van der Waals surface area contributed by atoms with Crippen LogP contribution < -0.4 is 10.2 Å². The van der Waals surface area contributed by atoms with Crippen LogP contribution in [-0.4, -0.2) is 78.0 Å². The number of carbonyl (C=O) groups is 2. The molecule has 1 aromatic heterocycles. The van der Waals surface area contributed by atoms with Crippen LogP contribution in [0.5, 0.6) is 0 Å². The molecule has 3 aliphatic heterocycles. The maximum absolute atomic E-state index is 13.7. The van der Waals surface area contributed by atoms with E-state index >= 15 is 0 Å². The first-order valence-electron chi connectivity index (χ1n) is 12.9. The number of hydrogen-bond acceptors (Lipinski definition) is 5. The van der Waals surface area contributed by atoms with E-state index in [0.717, 1.165) is 49.4 Å². The van der Waals surface area contributed by atoms with Crippen molar-refractivity contribution in [2.24, 2.45) is 0 Å². The van der Waals surface area contributed by atoms with Crippen LogP contribution in [0.3, 0.4) is 0 Å². The van der Waals surface area contributed by atoms with Gasteiger partial charge in [0.25, 0.3) is 0 Å². The Morgan fingerprint density at radius 1 is 1.19 bits per heavy atom. The Hall–Kier alpha value is -2.77. The van der Waals surface area contributed by atoms with Crippen LogP contribution in [0, 0.1) is 0 Å². The zero-order valence-corrected chi connectivity index (χ0v) is 21.2. The molecule has 0 aliphatic carbocycles. The van der Waals surface area contributed by atoms with Gasteiger partial charge in [-0.2, -0.15) is 0 Å². The third kappa shape index (κ3) is 5.47. The number of pyridine rings is 1. The van der Waals surface area contributed by atoms with E-state index in [9.17, 15) is 9.59 Å². The standard InChI is InChI=1S/C28H37N5O2.CH4/c1-20-16-32(23(15-29-20)17-31-11-7-10-25(31)34)18-26(35)33-19-28(2,3)27-24(33)13-22(14-30-27)12-21-8-5-4-6-9-21;/h4-6,8-9,13-14,20,23,29H,7,10-12,15-19H2,1-3H3;1H4/t20-,23-;/m1./s1. The Morgan fingerprint density at radius 2 is 1.97 bits per heavy atom. The van der Waals surface area contributed by atoms with Gasteiger partial charge in [-0.25, -0.2) is 0 Å². The van der Waals surface area contributed by atoms with Crippen molar-refractivity contribution in [3.05, 3.63) is 59.4 Å². The van der Waals surface area contributed by atoms with Gasteiger partial charge >= 0.3 is 0 Å². The fourth-order valence-corrected chi connectivity index (χ4v) is 5.74. The number of aromatic nitrogens is 1. The Balaban J connectivity index is 0.00000304. The first-order valence-corrected chi connectivity index (χ1v) is 12.9. The van der Waals surface area contributed by atoms with Crippen molar-refractivity contribution in [3.8, 4) is 0 Å². The monoisotopic (exact) mass is 491 g/mol. The summed E-state index contributed by atoms with van der Waals surface area (Å²) in [5, 5.41) is 3.54. The lowest BCUT2D eigenvalue weighted by atomic mass is 9.91. The van der Waals surface area contributed by atoms with Gasteiger partial charge in [-0.05, 0) is 37.0 Å². The van der Waals surface area contributed by atoms with Gasteiger partial charge in [-0.15, -0.1) is 0 Å². The molecule has 2 fully saturated rings. The van der Waals surface area contributed by atoms with Gasteiger partial charge in [-0.1, -0.05) is 51.6 Å². The van der Waals surface area contributed by atoms with Crippen LogP contribution in [0.15, 0.2) is 42.6 Å². The highest BCUT2D eigenvalue weighted by Crippen LogP contribution is 2.39. The normalized spacial score (nSPS) is 23.5. The predicted octanol–water partition coefficient (Wildman–Crippen LogP) is 3.22. The maximum atomic E-state index is 13.7. The summed E-state index contributed by atoms with van der Waals surface area (Å²) in [6.45, 7) is 10.6. The van der Waals surface area contributed by atoms with Gasteiger partial charge in [-0.3, -0.25) is 19.5 Å². The number of nitrogens with one attached hydrogen (secondary N) is 1. The van der Waals surface area contributed by atoms with Crippen molar-refractivity contribution in [3.63, 3.8) is 0 Å². The quantitative estimate of drug-likeness (QED) is 0.672. The summed E-state index contributed by atoms with van der Waals surface area (Å²) in [7, 11) is 0. The highest BCUT2D eigenvalue weighted by molar-refractivity contribution is 5.97. The summed E-state index contributed by atoms with van der Waals surface area (Å²) in [6, 6.07) is 13.0. The van der Waals surface area contributed by atoms with Crippen LogP contribution in [0.25, 0.3) is 0 Å². The maximum Gasteiger partial charge on any atom is 0.241 e. The number of rotatable bonds is 6. The van der Waals surface area contributed by atoms with Crippen molar-refractivity contribution in [1.82, 2.24) is 20.1 Å². The molecule has 5 rings (SSSR count). The number of piperazine rings is 1. The van der Waals surface area contributed by atoms with Crippen molar-refractivity contribution in [1.29, 1.82) is 0 Å². The smallest absolute Gasteiger partial charge is 0.241 e. The van der Waals surface area contributed by atoms with Crippen LogP contribution in [0.1, 0.15) is 57.9 Å². The first-order chi connectivity index (χ1) is 16.8. The van der Waals surface area contributed by atoms with Gasteiger partial charge in [0.05, 0.1) is 17.9 Å². The van der Waals surface area contributed by atoms with Crippen molar-refractivity contribution in [2.45, 2.75) is 65.0 Å².